The average Bonchev–Trinajstić information content (AvgIpc) is 3.19. The lowest BCUT2D eigenvalue weighted by Gasteiger charge is -2.21. The van der Waals surface area contributed by atoms with E-state index in [0.717, 1.165) is 39.5 Å². The first-order valence-electron chi connectivity index (χ1n) is 9.13. The molecule has 0 saturated heterocycles. The topological polar surface area (TPSA) is 99.8 Å². The molecule has 4 rings (SSSR count). The second-order valence-electron chi connectivity index (χ2n) is 6.86. The van der Waals surface area contributed by atoms with Crippen LogP contribution in [0.4, 0.5) is 5.69 Å². The van der Waals surface area contributed by atoms with E-state index in [1.54, 1.807) is 18.6 Å². The van der Waals surface area contributed by atoms with Crippen LogP contribution in [0.3, 0.4) is 0 Å². The molecule has 0 aliphatic carbocycles. The number of pyridine rings is 1. The van der Waals surface area contributed by atoms with Crippen molar-refractivity contribution >= 4 is 26.6 Å². The van der Waals surface area contributed by atoms with Gasteiger partial charge in [0, 0.05) is 29.9 Å². The van der Waals surface area contributed by atoms with E-state index >= 15 is 0 Å². The Hall–Kier alpha value is -3.23. The summed E-state index contributed by atoms with van der Waals surface area (Å²) in [4.78, 5) is 4.36. The van der Waals surface area contributed by atoms with Crippen LogP contribution in [-0.4, -0.2) is 36.4 Å². The number of hydrogen-bond acceptors (Lipinski definition) is 5. The van der Waals surface area contributed by atoms with Gasteiger partial charge in [-0.05, 0) is 29.3 Å². The van der Waals surface area contributed by atoms with Crippen molar-refractivity contribution in [3.8, 4) is 11.1 Å². The first kappa shape index (κ1) is 19.1. The first-order chi connectivity index (χ1) is 14.0. The molecule has 8 heteroatoms. The van der Waals surface area contributed by atoms with Crippen LogP contribution in [0.5, 0.6) is 0 Å². The highest BCUT2D eigenvalue weighted by atomic mass is 32.2. The molecule has 0 unspecified atom stereocenters. The summed E-state index contributed by atoms with van der Waals surface area (Å²) in [5, 5.41) is 11.4. The van der Waals surface area contributed by atoms with Gasteiger partial charge in [-0.1, -0.05) is 36.4 Å². The van der Waals surface area contributed by atoms with Gasteiger partial charge in [-0.2, -0.15) is 5.10 Å². The third-order valence-electron chi connectivity index (χ3n) is 4.60. The Kier molecular flexibility index (Phi) is 5.28. The molecule has 0 bridgehead atoms. The van der Waals surface area contributed by atoms with Crippen molar-refractivity contribution in [2.75, 3.05) is 18.1 Å². The van der Waals surface area contributed by atoms with Crippen LogP contribution >= 0.6 is 0 Å². The van der Waals surface area contributed by atoms with Crippen molar-refractivity contribution in [1.29, 1.82) is 0 Å². The third-order valence-corrected chi connectivity index (χ3v) is 5.30. The number of fused-ring (bicyclic) bond motifs is 1. The number of sulfonamides is 1. The number of benzene rings is 2. The van der Waals surface area contributed by atoms with Crippen molar-refractivity contribution in [3.63, 3.8) is 0 Å². The maximum Gasteiger partial charge on any atom is 0.208 e. The van der Waals surface area contributed by atoms with E-state index in [4.69, 9.17) is 0 Å². The van der Waals surface area contributed by atoms with Crippen LogP contribution < -0.4 is 10.0 Å². The van der Waals surface area contributed by atoms with Crippen LogP contribution in [0.1, 0.15) is 11.6 Å². The molecule has 7 nitrogen and oxygen atoms in total. The summed E-state index contributed by atoms with van der Waals surface area (Å²) < 4.78 is 25.8. The zero-order valence-corrected chi connectivity index (χ0v) is 16.6. The van der Waals surface area contributed by atoms with Crippen molar-refractivity contribution in [2.24, 2.45) is 0 Å². The molecular weight excluding hydrogens is 386 g/mol. The summed E-state index contributed by atoms with van der Waals surface area (Å²) in [5.41, 5.74) is 4.75. The summed E-state index contributed by atoms with van der Waals surface area (Å²) in [7, 11) is -3.30. The van der Waals surface area contributed by atoms with Gasteiger partial charge in [0.1, 0.15) is 0 Å². The second-order valence-corrected chi connectivity index (χ2v) is 8.70. The van der Waals surface area contributed by atoms with E-state index in [9.17, 15) is 8.42 Å². The number of H-pyrrole nitrogens is 1. The summed E-state index contributed by atoms with van der Waals surface area (Å²) >= 11 is 0. The molecule has 0 aliphatic rings. The number of aromatic nitrogens is 3. The normalized spacial score (nSPS) is 12.7. The number of nitrogens with zero attached hydrogens (tertiary/aromatic N) is 2. The standard InChI is InChI=1S/C21H21N5O2S/c1-29(27,28)24-14-21(15-5-3-2-4-6-15)25-19-10-17(11-22-13-19)16-7-8-20-18(9-16)12-23-26-20/h2-13,21,24-25H,14H2,1H3,(H,23,26)/t21-/m1/s1. The van der Waals surface area contributed by atoms with Gasteiger partial charge in [0.05, 0.1) is 29.7 Å². The molecule has 3 N–H and O–H groups in total. The molecule has 0 spiro atoms. The number of nitrogens with one attached hydrogen (secondary N) is 3. The predicted molar refractivity (Wildman–Crippen MR) is 115 cm³/mol. The van der Waals surface area contributed by atoms with E-state index in [1.807, 2.05) is 48.5 Å². The second kappa shape index (κ2) is 8.02. The largest absolute Gasteiger partial charge is 0.376 e. The van der Waals surface area contributed by atoms with Gasteiger partial charge < -0.3 is 5.32 Å². The highest BCUT2D eigenvalue weighted by molar-refractivity contribution is 7.88. The zero-order valence-electron chi connectivity index (χ0n) is 15.8. The molecule has 2 aromatic carbocycles. The highest BCUT2D eigenvalue weighted by Crippen LogP contribution is 2.26. The summed E-state index contributed by atoms with van der Waals surface area (Å²) in [5.74, 6) is 0. The van der Waals surface area contributed by atoms with Gasteiger partial charge in [0.25, 0.3) is 0 Å². The molecule has 0 radical (unpaired) electrons. The Morgan fingerprint density at radius 1 is 1.00 bits per heavy atom. The van der Waals surface area contributed by atoms with Crippen LogP contribution in [0.2, 0.25) is 0 Å². The monoisotopic (exact) mass is 407 g/mol. The van der Waals surface area contributed by atoms with E-state index in [2.05, 4.69) is 31.3 Å². The van der Waals surface area contributed by atoms with Crippen molar-refractivity contribution < 1.29 is 8.42 Å². The third kappa shape index (κ3) is 4.79. The van der Waals surface area contributed by atoms with Gasteiger partial charge in [-0.3, -0.25) is 10.1 Å². The SMILES string of the molecule is CS(=O)(=O)NC[C@@H](Nc1cncc(-c2ccc3[nH]ncc3c2)c1)c1ccccc1. The Balaban J connectivity index is 1.61. The molecule has 0 fully saturated rings. The summed E-state index contributed by atoms with van der Waals surface area (Å²) in [6.07, 6.45) is 6.48. The smallest absolute Gasteiger partial charge is 0.208 e. The first-order valence-corrected chi connectivity index (χ1v) is 11.0. The van der Waals surface area contributed by atoms with Crippen molar-refractivity contribution in [2.45, 2.75) is 6.04 Å². The Bertz CT molecular complexity index is 1220. The highest BCUT2D eigenvalue weighted by Gasteiger charge is 2.14. The number of hydrogen-bond donors (Lipinski definition) is 3. The van der Waals surface area contributed by atoms with Gasteiger partial charge in [-0.25, -0.2) is 13.1 Å². The van der Waals surface area contributed by atoms with Gasteiger partial charge >= 0.3 is 0 Å². The fourth-order valence-electron chi connectivity index (χ4n) is 3.17. The fraction of sp³-hybridized carbons (Fsp3) is 0.143. The Morgan fingerprint density at radius 3 is 2.62 bits per heavy atom. The summed E-state index contributed by atoms with van der Waals surface area (Å²) in [6, 6.07) is 17.5. The molecule has 148 valence electrons. The molecule has 0 saturated carbocycles. The number of rotatable bonds is 7. The Morgan fingerprint density at radius 2 is 1.83 bits per heavy atom. The molecule has 2 aromatic heterocycles. The van der Waals surface area contributed by atoms with Crippen LogP contribution in [-0.2, 0) is 10.0 Å². The molecular formula is C21H21N5O2S. The number of anilines is 1. The molecule has 0 amide bonds. The maximum absolute atomic E-state index is 11.6. The minimum atomic E-state index is -3.30. The quantitative estimate of drug-likeness (QED) is 0.436. The molecule has 4 aromatic rings. The minimum Gasteiger partial charge on any atom is -0.376 e. The lowest BCUT2D eigenvalue weighted by molar-refractivity contribution is 0.582. The molecule has 1 atom stereocenters. The minimum absolute atomic E-state index is 0.230. The predicted octanol–water partition coefficient (Wildman–Crippen LogP) is 3.33. The molecule has 2 heterocycles. The van der Waals surface area contributed by atoms with E-state index in [0.29, 0.717) is 0 Å². The fourth-order valence-corrected chi connectivity index (χ4v) is 3.64. The van der Waals surface area contributed by atoms with E-state index in [1.165, 1.54) is 0 Å². The zero-order chi connectivity index (χ0) is 20.3. The molecule has 29 heavy (non-hydrogen) atoms. The maximum atomic E-state index is 11.6. The molecule has 0 aliphatic heterocycles. The van der Waals surface area contributed by atoms with Gasteiger partial charge in [0.2, 0.25) is 10.0 Å². The van der Waals surface area contributed by atoms with Crippen LogP contribution in [0.15, 0.2) is 73.2 Å². The van der Waals surface area contributed by atoms with Crippen LogP contribution in [0.25, 0.3) is 22.0 Å². The average molecular weight is 407 g/mol. The van der Waals surface area contributed by atoms with Crippen LogP contribution in [0, 0.1) is 0 Å². The summed E-state index contributed by atoms with van der Waals surface area (Å²) in [6.45, 7) is 0.230. The lowest BCUT2D eigenvalue weighted by atomic mass is 10.0. The van der Waals surface area contributed by atoms with Gasteiger partial charge in [0.15, 0.2) is 0 Å². The van der Waals surface area contributed by atoms with Gasteiger partial charge in [-0.15, -0.1) is 0 Å². The number of aromatic amines is 1. The Labute approximate surface area is 169 Å². The van der Waals surface area contributed by atoms with Crippen molar-refractivity contribution in [1.82, 2.24) is 19.9 Å². The van der Waals surface area contributed by atoms with Crippen molar-refractivity contribution in [3.05, 3.63) is 78.8 Å². The van der Waals surface area contributed by atoms with E-state index in [-0.39, 0.29) is 12.6 Å². The lowest BCUT2D eigenvalue weighted by Crippen LogP contribution is -2.30. The van der Waals surface area contributed by atoms with E-state index < -0.39 is 10.0 Å².